The number of hydrogen-bond donors (Lipinski definition) is 2. The van der Waals surface area contributed by atoms with E-state index in [1.54, 1.807) is 6.07 Å². The summed E-state index contributed by atoms with van der Waals surface area (Å²) in [5.41, 5.74) is 0.0210. The molecule has 4 heteroatoms. The lowest BCUT2D eigenvalue weighted by Crippen LogP contribution is -2.40. The molecule has 1 saturated carbocycles. The average Bonchev–Trinajstić information content (AvgIpc) is 2.85. The first-order valence-electron chi connectivity index (χ1n) is 5.22. The first-order valence-corrected chi connectivity index (χ1v) is 6.17. The highest BCUT2D eigenvalue weighted by atomic mass is 32.1. The number of nitrogens with one attached hydrogen (secondary N) is 1. The van der Waals surface area contributed by atoms with Crippen molar-refractivity contribution in [2.75, 3.05) is 6.54 Å². The van der Waals surface area contributed by atoms with Gasteiger partial charge in [-0.15, -0.1) is 0 Å². The van der Waals surface area contributed by atoms with Crippen molar-refractivity contribution in [1.29, 1.82) is 0 Å². The van der Waals surface area contributed by atoms with Crippen molar-refractivity contribution in [3.8, 4) is 0 Å². The van der Waals surface area contributed by atoms with E-state index in [-0.39, 0.29) is 5.91 Å². The van der Waals surface area contributed by atoms with Crippen molar-refractivity contribution < 1.29 is 9.90 Å². The minimum absolute atomic E-state index is 0.0865. The molecule has 0 aromatic carbocycles. The molecule has 2 N–H and O–H groups in total. The first kappa shape index (κ1) is 10.6. The van der Waals surface area contributed by atoms with Gasteiger partial charge in [-0.2, -0.15) is 11.3 Å². The smallest absolute Gasteiger partial charge is 0.252 e. The lowest BCUT2D eigenvalue weighted by molar-refractivity contribution is 0.0450. The first-order chi connectivity index (χ1) is 7.20. The molecule has 1 aliphatic carbocycles. The van der Waals surface area contributed by atoms with Crippen LogP contribution < -0.4 is 5.32 Å². The van der Waals surface area contributed by atoms with Crippen molar-refractivity contribution in [3.05, 3.63) is 22.4 Å². The summed E-state index contributed by atoms with van der Waals surface area (Å²) in [6.07, 6.45) is 3.73. The van der Waals surface area contributed by atoms with Crippen LogP contribution in [0.2, 0.25) is 0 Å². The van der Waals surface area contributed by atoms with Crippen LogP contribution in [0.15, 0.2) is 16.8 Å². The molecule has 1 aromatic heterocycles. The fourth-order valence-electron chi connectivity index (χ4n) is 1.95. The van der Waals surface area contributed by atoms with Gasteiger partial charge in [0.25, 0.3) is 5.91 Å². The summed E-state index contributed by atoms with van der Waals surface area (Å²) in [5, 5.41) is 16.5. The van der Waals surface area contributed by atoms with Crippen LogP contribution in [0.5, 0.6) is 0 Å². The molecular weight excluding hydrogens is 210 g/mol. The molecule has 0 aliphatic heterocycles. The monoisotopic (exact) mass is 225 g/mol. The van der Waals surface area contributed by atoms with E-state index in [1.807, 2.05) is 10.8 Å². The third kappa shape index (κ3) is 2.58. The normalized spacial score (nSPS) is 19.0. The quantitative estimate of drug-likeness (QED) is 0.824. The summed E-state index contributed by atoms with van der Waals surface area (Å²) >= 11 is 1.50. The molecule has 0 atom stereocenters. The Morgan fingerprint density at radius 2 is 2.27 bits per heavy atom. The second kappa shape index (κ2) is 4.33. The summed E-state index contributed by atoms with van der Waals surface area (Å²) in [7, 11) is 0. The summed E-state index contributed by atoms with van der Waals surface area (Å²) in [4.78, 5) is 11.6. The number of thiophene rings is 1. The average molecular weight is 225 g/mol. The van der Waals surface area contributed by atoms with Crippen molar-refractivity contribution in [2.24, 2.45) is 0 Å². The van der Waals surface area contributed by atoms with Gasteiger partial charge in [0.05, 0.1) is 5.60 Å². The zero-order valence-corrected chi connectivity index (χ0v) is 9.35. The van der Waals surface area contributed by atoms with Crippen LogP contribution in [-0.2, 0) is 0 Å². The van der Waals surface area contributed by atoms with E-state index in [9.17, 15) is 9.90 Å². The summed E-state index contributed by atoms with van der Waals surface area (Å²) in [6.45, 7) is 0.377. The third-order valence-corrected chi connectivity index (χ3v) is 3.58. The molecule has 82 valence electrons. The molecule has 0 bridgehead atoms. The molecule has 1 amide bonds. The highest BCUT2D eigenvalue weighted by molar-refractivity contribution is 7.08. The second-order valence-electron chi connectivity index (χ2n) is 4.13. The molecule has 0 unspecified atom stereocenters. The van der Waals surface area contributed by atoms with Gasteiger partial charge in [0.1, 0.15) is 0 Å². The number of amides is 1. The van der Waals surface area contributed by atoms with Crippen molar-refractivity contribution in [1.82, 2.24) is 5.32 Å². The van der Waals surface area contributed by atoms with Gasteiger partial charge in [-0.25, -0.2) is 0 Å². The van der Waals surface area contributed by atoms with Gasteiger partial charge in [-0.3, -0.25) is 4.79 Å². The Hall–Kier alpha value is -0.870. The maximum atomic E-state index is 11.6. The van der Waals surface area contributed by atoms with E-state index in [1.165, 1.54) is 11.3 Å². The Morgan fingerprint density at radius 1 is 1.53 bits per heavy atom. The van der Waals surface area contributed by atoms with E-state index < -0.39 is 5.60 Å². The Bertz CT molecular complexity index is 328. The highest BCUT2D eigenvalue weighted by Crippen LogP contribution is 2.28. The molecule has 0 spiro atoms. The van der Waals surface area contributed by atoms with Gasteiger partial charge in [0.2, 0.25) is 0 Å². The summed E-state index contributed by atoms with van der Waals surface area (Å²) in [5.74, 6) is -0.0865. The van der Waals surface area contributed by atoms with Crippen molar-refractivity contribution in [2.45, 2.75) is 31.3 Å². The predicted octanol–water partition coefficient (Wildman–Crippen LogP) is 1.78. The molecule has 1 fully saturated rings. The topological polar surface area (TPSA) is 49.3 Å². The van der Waals surface area contributed by atoms with Gasteiger partial charge in [0.15, 0.2) is 0 Å². The van der Waals surface area contributed by atoms with Crippen molar-refractivity contribution >= 4 is 17.2 Å². The van der Waals surface area contributed by atoms with E-state index in [0.29, 0.717) is 12.1 Å². The lowest BCUT2D eigenvalue weighted by atomic mass is 10.0. The standard InChI is InChI=1S/C11H15NO2S/c13-10(9-3-6-15-7-9)12-8-11(14)4-1-2-5-11/h3,6-7,14H,1-2,4-5,8H2,(H,12,13). The maximum Gasteiger partial charge on any atom is 0.252 e. The SMILES string of the molecule is O=C(NCC1(O)CCCC1)c1ccsc1. The number of carbonyl (C=O) groups excluding carboxylic acids is 1. The van der Waals surface area contributed by atoms with E-state index in [2.05, 4.69) is 5.32 Å². The largest absolute Gasteiger partial charge is 0.388 e. The van der Waals surface area contributed by atoms with Crippen molar-refractivity contribution in [3.63, 3.8) is 0 Å². The number of aliphatic hydroxyl groups is 1. The molecule has 3 nitrogen and oxygen atoms in total. The zero-order valence-electron chi connectivity index (χ0n) is 8.53. The van der Waals surface area contributed by atoms with Gasteiger partial charge in [0, 0.05) is 17.5 Å². The molecule has 1 heterocycles. The van der Waals surface area contributed by atoms with Gasteiger partial charge in [-0.05, 0) is 24.3 Å². The van der Waals surface area contributed by atoms with Gasteiger partial charge >= 0.3 is 0 Å². The van der Waals surface area contributed by atoms with Crippen LogP contribution in [0.4, 0.5) is 0 Å². The Labute approximate surface area is 93.1 Å². The van der Waals surface area contributed by atoms with Crippen LogP contribution in [0.1, 0.15) is 36.0 Å². The molecule has 0 saturated heterocycles. The van der Waals surface area contributed by atoms with Crippen LogP contribution in [-0.4, -0.2) is 23.2 Å². The van der Waals surface area contributed by atoms with Gasteiger partial charge in [-0.1, -0.05) is 12.8 Å². The Kier molecular flexibility index (Phi) is 3.07. The minimum Gasteiger partial charge on any atom is -0.388 e. The maximum absolute atomic E-state index is 11.6. The molecular formula is C11H15NO2S. The van der Waals surface area contributed by atoms with E-state index in [0.717, 1.165) is 25.7 Å². The fraction of sp³-hybridized carbons (Fsp3) is 0.545. The predicted molar refractivity (Wildman–Crippen MR) is 60.1 cm³/mol. The van der Waals surface area contributed by atoms with Crippen LogP contribution >= 0.6 is 11.3 Å². The number of hydrogen-bond acceptors (Lipinski definition) is 3. The van der Waals surface area contributed by atoms with Gasteiger partial charge < -0.3 is 10.4 Å². The lowest BCUT2D eigenvalue weighted by Gasteiger charge is -2.22. The Balaban J connectivity index is 1.85. The van der Waals surface area contributed by atoms with Crippen LogP contribution in [0.25, 0.3) is 0 Å². The molecule has 1 aromatic rings. The summed E-state index contributed by atoms with van der Waals surface area (Å²) < 4.78 is 0. The zero-order chi connectivity index (χ0) is 10.7. The Morgan fingerprint density at radius 3 is 2.87 bits per heavy atom. The van der Waals surface area contributed by atoms with E-state index >= 15 is 0 Å². The molecule has 2 rings (SSSR count). The summed E-state index contributed by atoms with van der Waals surface area (Å²) in [6, 6.07) is 1.79. The molecule has 15 heavy (non-hydrogen) atoms. The van der Waals surface area contributed by atoms with Crippen LogP contribution in [0, 0.1) is 0 Å². The second-order valence-corrected chi connectivity index (χ2v) is 4.91. The fourth-order valence-corrected chi connectivity index (χ4v) is 2.59. The molecule has 1 aliphatic rings. The minimum atomic E-state index is -0.661. The van der Waals surface area contributed by atoms with E-state index in [4.69, 9.17) is 0 Å². The highest BCUT2D eigenvalue weighted by Gasteiger charge is 2.31. The molecule has 0 radical (unpaired) electrons. The third-order valence-electron chi connectivity index (χ3n) is 2.90. The number of rotatable bonds is 3. The van der Waals surface area contributed by atoms with Crippen LogP contribution in [0.3, 0.4) is 0 Å². The number of carbonyl (C=O) groups is 1.